The molecule has 2 rings (SSSR count). The van der Waals surface area contributed by atoms with E-state index in [1.54, 1.807) is 17.5 Å². The molecule has 0 spiro atoms. The first kappa shape index (κ1) is 14.5. The summed E-state index contributed by atoms with van der Waals surface area (Å²) >= 11 is 1.69. The molecule has 0 aliphatic carbocycles. The second-order valence-electron chi connectivity index (χ2n) is 4.48. The van der Waals surface area contributed by atoms with Crippen molar-refractivity contribution < 1.29 is 4.79 Å². The van der Waals surface area contributed by atoms with Gasteiger partial charge in [0.25, 0.3) is 5.91 Å². The predicted octanol–water partition coefficient (Wildman–Crippen LogP) is 2.33. The normalized spacial score (nSPS) is 11.9. The molecule has 1 unspecified atom stereocenters. The first-order valence-corrected chi connectivity index (χ1v) is 7.46. The summed E-state index contributed by atoms with van der Waals surface area (Å²) in [6.45, 7) is 4.74. The molecule has 0 bridgehead atoms. The van der Waals surface area contributed by atoms with Crippen LogP contribution in [0.2, 0.25) is 0 Å². The lowest BCUT2D eigenvalue weighted by Crippen LogP contribution is -2.34. The molecule has 1 amide bonds. The lowest BCUT2D eigenvalue weighted by Gasteiger charge is -2.12. The summed E-state index contributed by atoms with van der Waals surface area (Å²) in [7, 11) is 0. The van der Waals surface area contributed by atoms with Crippen molar-refractivity contribution in [3.63, 3.8) is 0 Å². The highest BCUT2D eigenvalue weighted by atomic mass is 32.1. The van der Waals surface area contributed by atoms with Gasteiger partial charge in [-0.3, -0.25) is 4.79 Å². The number of carbonyl (C=O) groups is 1. The summed E-state index contributed by atoms with van der Waals surface area (Å²) in [5.41, 5.74) is 0.338. The summed E-state index contributed by atoms with van der Waals surface area (Å²) < 4.78 is 0. The number of rotatable bonds is 6. The van der Waals surface area contributed by atoms with Crippen LogP contribution in [-0.2, 0) is 6.42 Å². The third kappa shape index (κ3) is 4.03. The molecule has 0 aliphatic rings. The standard InChI is InChI=1S/C14H18N4OS/c1-3-15-13-9-16-12(8-17-13)14(19)18-10(2)7-11-5-4-6-20-11/h4-6,8-10H,3,7H2,1-2H3,(H,15,17)(H,18,19). The molecule has 2 heterocycles. The Hall–Kier alpha value is -1.95. The van der Waals surface area contributed by atoms with Crippen LogP contribution in [0.3, 0.4) is 0 Å². The Morgan fingerprint density at radius 1 is 1.40 bits per heavy atom. The average molecular weight is 290 g/mol. The maximum absolute atomic E-state index is 12.0. The molecular weight excluding hydrogens is 272 g/mol. The fraction of sp³-hybridized carbons (Fsp3) is 0.357. The van der Waals surface area contributed by atoms with Gasteiger partial charge in [-0.25, -0.2) is 9.97 Å². The topological polar surface area (TPSA) is 66.9 Å². The highest BCUT2D eigenvalue weighted by Gasteiger charge is 2.12. The maximum Gasteiger partial charge on any atom is 0.271 e. The van der Waals surface area contributed by atoms with Crippen LogP contribution in [-0.4, -0.2) is 28.5 Å². The second kappa shape index (κ2) is 7.00. The van der Waals surface area contributed by atoms with Crippen LogP contribution in [0, 0.1) is 0 Å². The summed E-state index contributed by atoms with van der Waals surface area (Å²) in [4.78, 5) is 21.5. The van der Waals surface area contributed by atoms with Crippen LogP contribution >= 0.6 is 11.3 Å². The van der Waals surface area contributed by atoms with Crippen molar-refractivity contribution in [2.24, 2.45) is 0 Å². The first-order valence-electron chi connectivity index (χ1n) is 6.58. The summed E-state index contributed by atoms with van der Waals surface area (Å²) in [6.07, 6.45) is 3.89. The van der Waals surface area contributed by atoms with Gasteiger partial charge < -0.3 is 10.6 Å². The van der Waals surface area contributed by atoms with Gasteiger partial charge in [-0.05, 0) is 25.3 Å². The zero-order valence-electron chi connectivity index (χ0n) is 11.6. The highest BCUT2D eigenvalue weighted by Crippen LogP contribution is 2.11. The van der Waals surface area contributed by atoms with E-state index in [0.29, 0.717) is 11.5 Å². The van der Waals surface area contributed by atoms with Crippen LogP contribution in [0.25, 0.3) is 0 Å². The van der Waals surface area contributed by atoms with Crippen molar-refractivity contribution in [2.45, 2.75) is 26.3 Å². The van der Waals surface area contributed by atoms with Crippen LogP contribution in [0.1, 0.15) is 29.2 Å². The minimum Gasteiger partial charge on any atom is -0.369 e. The number of nitrogens with zero attached hydrogens (tertiary/aromatic N) is 2. The zero-order chi connectivity index (χ0) is 14.4. The Balaban J connectivity index is 1.90. The Kier molecular flexibility index (Phi) is 5.06. The minimum atomic E-state index is -0.190. The molecular formula is C14H18N4OS. The molecule has 5 nitrogen and oxygen atoms in total. The van der Waals surface area contributed by atoms with E-state index in [1.165, 1.54) is 11.1 Å². The molecule has 106 valence electrons. The number of aromatic nitrogens is 2. The van der Waals surface area contributed by atoms with Crippen LogP contribution < -0.4 is 10.6 Å². The first-order chi connectivity index (χ1) is 9.69. The molecule has 2 aromatic heterocycles. The molecule has 1 atom stereocenters. The number of nitrogens with one attached hydrogen (secondary N) is 2. The van der Waals surface area contributed by atoms with Crippen molar-refractivity contribution in [1.29, 1.82) is 0 Å². The van der Waals surface area contributed by atoms with Gasteiger partial charge in [0.15, 0.2) is 0 Å². The van der Waals surface area contributed by atoms with E-state index in [9.17, 15) is 4.79 Å². The van der Waals surface area contributed by atoms with Crippen LogP contribution in [0.4, 0.5) is 5.82 Å². The number of hydrogen-bond donors (Lipinski definition) is 2. The van der Waals surface area contributed by atoms with Gasteiger partial charge >= 0.3 is 0 Å². The molecule has 0 aliphatic heterocycles. The lowest BCUT2D eigenvalue weighted by molar-refractivity contribution is 0.0935. The van der Waals surface area contributed by atoms with Crippen molar-refractivity contribution >= 4 is 23.1 Å². The maximum atomic E-state index is 12.0. The third-order valence-electron chi connectivity index (χ3n) is 2.71. The summed E-state index contributed by atoms with van der Waals surface area (Å²) in [5, 5.41) is 8.01. The molecule has 0 fully saturated rings. The van der Waals surface area contributed by atoms with E-state index in [0.717, 1.165) is 13.0 Å². The molecule has 6 heteroatoms. The Morgan fingerprint density at radius 2 is 2.25 bits per heavy atom. The van der Waals surface area contributed by atoms with Crippen molar-refractivity contribution in [3.05, 3.63) is 40.5 Å². The van der Waals surface area contributed by atoms with E-state index < -0.39 is 0 Å². The van der Waals surface area contributed by atoms with Gasteiger partial charge in [-0.1, -0.05) is 6.07 Å². The van der Waals surface area contributed by atoms with Crippen molar-refractivity contribution in [1.82, 2.24) is 15.3 Å². The minimum absolute atomic E-state index is 0.0661. The van der Waals surface area contributed by atoms with E-state index in [4.69, 9.17) is 0 Å². The molecule has 0 aromatic carbocycles. The SMILES string of the molecule is CCNc1cnc(C(=O)NC(C)Cc2cccs2)cn1. The van der Waals surface area contributed by atoms with E-state index in [-0.39, 0.29) is 11.9 Å². The Labute approximate surface area is 122 Å². The van der Waals surface area contributed by atoms with Crippen molar-refractivity contribution in [2.75, 3.05) is 11.9 Å². The predicted molar refractivity (Wildman–Crippen MR) is 81.1 cm³/mol. The van der Waals surface area contributed by atoms with Gasteiger partial charge in [0.2, 0.25) is 0 Å². The number of thiophene rings is 1. The number of hydrogen-bond acceptors (Lipinski definition) is 5. The van der Waals surface area contributed by atoms with E-state index in [1.807, 2.05) is 25.3 Å². The van der Waals surface area contributed by atoms with Gasteiger partial charge in [-0.2, -0.15) is 0 Å². The summed E-state index contributed by atoms with van der Waals surface area (Å²) in [6, 6.07) is 4.15. The van der Waals surface area contributed by atoms with Gasteiger partial charge in [-0.15, -0.1) is 11.3 Å². The number of carbonyl (C=O) groups excluding carboxylic acids is 1. The largest absolute Gasteiger partial charge is 0.369 e. The smallest absolute Gasteiger partial charge is 0.271 e. The number of amides is 1. The average Bonchev–Trinajstić information content (AvgIpc) is 2.92. The number of anilines is 1. The second-order valence-corrected chi connectivity index (χ2v) is 5.51. The highest BCUT2D eigenvalue weighted by molar-refractivity contribution is 7.09. The molecule has 2 N–H and O–H groups in total. The quantitative estimate of drug-likeness (QED) is 0.857. The Morgan fingerprint density at radius 3 is 2.85 bits per heavy atom. The molecule has 2 aromatic rings. The zero-order valence-corrected chi connectivity index (χ0v) is 12.4. The monoisotopic (exact) mass is 290 g/mol. The van der Waals surface area contributed by atoms with Gasteiger partial charge in [0, 0.05) is 23.9 Å². The van der Waals surface area contributed by atoms with Gasteiger partial charge in [0.05, 0.1) is 12.4 Å². The van der Waals surface area contributed by atoms with Crippen LogP contribution in [0.5, 0.6) is 0 Å². The van der Waals surface area contributed by atoms with Crippen molar-refractivity contribution in [3.8, 4) is 0 Å². The molecule has 0 saturated heterocycles. The molecule has 20 heavy (non-hydrogen) atoms. The Bertz CT molecular complexity index is 539. The van der Waals surface area contributed by atoms with E-state index >= 15 is 0 Å². The molecule has 0 radical (unpaired) electrons. The lowest BCUT2D eigenvalue weighted by atomic mass is 10.2. The van der Waals surface area contributed by atoms with Gasteiger partial charge in [0.1, 0.15) is 11.5 Å². The van der Waals surface area contributed by atoms with Crippen LogP contribution in [0.15, 0.2) is 29.9 Å². The fourth-order valence-corrected chi connectivity index (χ4v) is 2.63. The molecule has 0 saturated carbocycles. The summed E-state index contributed by atoms with van der Waals surface area (Å²) in [5.74, 6) is 0.486. The third-order valence-corrected chi connectivity index (χ3v) is 3.61. The van der Waals surface area contributed by atoms with E-state index in [2.05, 4.69) is 26.7 Å². The fourth-order valence-electron chi connectivity index (χ4n) is 1.80.